The first-order chi connectivity index (χ1) is 12.6. The fourth-order valence-corrected chi connectivity index (χ4v) is 3.71. The number of hydrogen-bond donors (Lipinski definition) is 0. The zero-order valence-electron chi connectivity index (χ0n) is 15.4. The summed E-state index contributed by atoms with van der Waals surface area (Å²) in [6.07, 6.45) is 7.34. The molecule has 0 unspecified atom stereocenters. The maximum absolute atomic E-state index is 14.7. The standard InChI is InChI=1S/C19H25FN6/c1-13-9-16(22-11-21-13)26-7-5-14(6-8-26)10-25(2)19-17(20)18(15-3-4-15)23-12-24-19/h9,11-12,14-15H,3-8,10H2,1-2H3. The lowest BCUT2D eigenvalue weighted by molar-refractivity contribution is 0.405. The van der Waals surface area contributed by atoms with Gasteiger partial charge in [-0.05, 0) is 38.5 Å². The molecule has 0 spiro atoms. The van der Waals surface area contributed by atoms with Gasteiger partial charge in [-0.1, -0.05) is 0 Å². The Morgan fingerprint density at radius 1 is 1.08 bits per heavy atom. The third-order valence-electron chi connectivity index (χ3n) is 5.38. The van der Waals surface area contributed by atoms with Gasteiger partial charge in [0.15, 0.2) is 11.6 Å². The van der Waals surface area contributed by atoms with Crippen molar-refractivity contribution in [3.8, 4) is 0 Å². The second kappa shape index (κ2) is 7.13. The summed E-state index contributed by atoms with van der Waals surface area (Å²) in [5, 5.41) is 0. The van der Waals surface area contributed by atoms with E-state index in [1.807, 2.05) is 24.9 Å². The van der Waals surface area contributed by atoms with E-state index < -0.39 is 0 Å². The summed E-state index contributed by atoms with van der Waals surface area (Å²) in [6, 6.07) is 2.03. The first-order valence-corrected chi connectivity index (χ1v) is 9.37. The van der Waals surface area contributed by atoms with E-state index in [9.17, 15) is 4.39 Å². The normalized spacial score (nSPS) is 18.2. The van der Waals surface area contributed by atoms with Crippen molar-refractivity contribution in [1.82, 2.24) is 19.9 Å². The van der Waals surface area contributed by atoms with Crippen molar-refractivity contribution in [2.45, 2.75) is 38.5 Å². The summed E-state index contributed by atoms with van der Waals surface area (Å²) in [7, 11) is 1.93. The van der Waals surface area contributed by atoms with Crippen molar-refractivity contribution in [3.05, 3.63) is 35.9 Å². The minimum Gasteiger partial charge on any atom is -0.357 e. The van der Waals surface area contributed by atoms with Crippen molar-refractivity contribution in [3.63, 3.8) is 0 Å². The first kappa shape index (κ1) is 17.1. The summed E-state index contributed by atoms with van der Waals surface area (Å²) in [5.41, 5.74) is 1.58. The van der Waals surface area contributed by atoms with Crippen molar-refractivity contribution >= 4 is 11.6 Å². The molecule has 0 aromatic carbocycles. The van der Waals surface area contributed by atoms with Gasteiger partial charge < -0.3 is 9.80 Å². The summed E-state index contributed by atoms with van der Waals surface area (Å²) in [4.78, 5) is 21.2. The number of hydrogen-bond acceptors (Lipinski definition) is 6. The highest BCUT2D eigenvalue weighted by Gasteiger charge is 2.31. The average molecular weight is 356 g/mol. The quantitative estimate of drug-likeness (QED) is 0.821. The maximum atomic E-state index is 14.7. The van der Waals surface area contributed by atoms with E-state index in [1.54, 1.807) is 6.33 Å². The molecule has 4 rings (SSSR count). The molecule has 1 saturated carbocycles. The van der Waals surface area contributed by atoms with E-state index >= 15 is 0 Å². The number of piperidine rings is 1. The summed E-state index contributed by atoms with van der Waals surface area (Å²) in [5.74, 6) is 2.03. The molecule has 0 atom stereocenters. The Kier molecular flexibility index (Phi) is 4.70. The molecule has 0 amide bonds. The summed E-state index contributed by atoms with van der Waals surface area (Å²) < 4.78 is 14.7. The molecule has 138 valence electrons. The fraction of sp³-hybridized carbons (Fsp3) is 0.579. The van der Waals surface area contributed by atoms with Crippen molar-refractivity contribution in [1.29, 1.82) is 0 Å². The highest BCUT2D eigenvalue weighted by molar-refractivity contribution is 5.42. The molecule has 2 aromatic heterocycles. The maximum Gasteiger partial charge on any atom is 0.187 e. The van der Waals surface area contributed by atoms with Crippen molar-refractivity contribution < 1.29 is 4.39 Å². The smallest absolute Gasteiger partial charge is 0.187 e. The monoisotopic (exact) mass is 356 g/mol. The molecule has 7 heteroatoms. The van der Waals surface area contributed by atoms with E-state index in [1.165, 1.54) is 6.33 Å². The van der Waals surface area contributed by atoms with Gasteiger partial charge in [-0.2, -0.15) is 0 Å². The number of rotatable bonds is 5. The molecular formula is C19H25FN6. The van der Waals surface area contributed by atoms with Crippen LogP contribution >= 0.6 is 0 Å². The number of nitrogens with zero attached hydrogens (tertiary/aromatic N) is 6. The Bertz CT molecular complexity index is 770. The third kappa shape index (κ3) is 3.61. The Labute approximate surface area is 153 Å². The van der Waals surface area contributed by atoms with Crippen LogP contribution in [0.4, 0.5) is 16.0 Å². The molecule has 0 bridgehead atoms. The van der Waals surface area contributed by atoms with Gasteiger partial charge >= 0.3 is 0 Å². The van der Waals surface area contributed by atoms with Gasteiger partial charge in [-0.3, -0.25) is 0 Å². The van der Waals surface area contributed by atoms with E-state index in [4.69, 9.17) is 0 Å². The lowest BCUT2D eigenvalue weighted by Crippen LogP contribution is -2.38. The molecular weight excluding hydrogens is 331 g/mol. The number of aromatic nitrogens is 4. The number of anilines is 2. The SMILES string of the molecule is Cc1cc(N2CCC(CN(C)c3ncnc(C4CC4)c3F)CC2)ncn1. The molecule has 2 fully saturated rings. The van der Waals surface area contributed by atoms with Crippen LogP contribution in [-0.4, -0.2) is 46.6 Å². The molecule has 3 heterocycles. The van der Waals surface area contributed by atoms with Gasteiger partial charge in [0.1, 0.15) is 18.5 Å². The minimum atomic E-state index is -0.230. The van der Waals surface area contributed by atoms with Gasteiger partial charge in [0.2, 0.25) is 0 Å². The second-order valence-electron chi connectivity index (χ2n) is 7.50. The Morgan fingerprint density at radius 3 is 2.50 bits per heavy atom. The predicted molar refractivity (Wildman–Crippen MR) is 98.9 cm³/mol. The highest BCUT2D eigenvalue weighted by atomic mass is 19.1. The van der Waals surface area contributed by atoms with E-state index in [0.29, 0.717) is 23.3 Å². The van der Waals surface area contributed by atoms with Crippen LogP contribution in [0.25, 0.3) is 0 Å². The average Bonchev–Trinajstić information content (AvgIpc) is 3.47. The van der Waals surface area contributed by atoms with Gasteiger partial charge in [0.05, 0.1) is 5.69 Å². The largest absolute Gasteiger partial charge is 0.357 e. The molecule has 1 saturated heterocycles. The van der Waals surface area contributed by atoms with Crippen LogP contribution in [0.2, 0.25) is 0 Å². The lowest BCUT2D eigenvalue weighted by Gasteiger charge is -2.34. The Hall–Kier alpha value is -2.31. The highest BCUT2D eigenvalue weighted by Crippen LogP contribution is 2.41. The molecule has 1 aliphatic carbocycles. The molecule has 2 aliphatic rings. The van der Waals surface area contributed by atoms with Crippen LogP contribution in [0, 0.1) is 18.7 Å². The minimum absolute atomic E-state index is 0.230. The van der Waals surface area contributed by atoms with Gasteiger partial charge in [0.25, 0.3) is 0 Å². The number of aryl methyl sites for hydroxylation is 1. The van der Waals surface area contributed by atoms with Crippen LogP contribution in [-0.2, 0) is 0 Å². The fourth-order valence-electron chi connectivity index (χ4n) is 3.71. The van der Waals surface area contributed by atoms with E-state index in [2.05, 4.69) is 24.8 Å². The third-order valence-corrected chi connectivity index (χ3v) is 5.38. The van der Waals surface area contributed by atoms with Gasteiger partial charge in [0, 0.05) is 44.4 Å². The molecule has 6 nitrogen and oxygen atoms in total. The molecule has 0 N–H and O–H groups in total. The van der Waals surface area contributed by atoms with Crippen LogP contribution in [0.15, 0.2) is 18.7 Å². The van der Waals surface area contributed by atoms with Crippen molar-refractivity contribution in [2.75, 3.05) is 36.5 Å². The van der Waals surface area contributed by atoms with Crippen LogP contribution < -0.4 is 9.80 Å². The summed E-state index contributed by atoms with van der Waals surface area (Å²) >= 11 is 0. The molecule has 26 heavy (non-hydrogen) atoms. The Balaban J connectivity index is 1.36. The lowest BCUT2D eigenvalue weighted by atomic mass is 9.96. The van der Waals surface area contributed by atoms with Crippen LogP contribution in [0.1, 0.15) is 43.0 Å². The zero-order valence-corrected chi connectivity index (χ0v) is 15.4. The van der Waals surface area contributed by atoms with Gasteiger partial charge in [-0.15, -0.1) is 0 Å². The number of halogens is 1. The first-order valence-electron chi connectivity index (χ1n) is 9.37. The van der Waals surface area contributed by atoms with Crippen LogP contribution in [0.5, 0.6) is 0 Å². The zero-order chi connectivity index (χ0) is 18.1. The van der Waals surface area contributed by atoms with E-state index in [-0.39, 0.29) is 5.82 Å². The van der Waals surface area contributed by atoms with Crippen LogP contribution in [0.3, 0.4) is 0 Å². The predicted octanol–water partition coefficient (Wildman–Crippen LogP) is 2.94. The summed E-state index contributed by atoms with van der Waals surface area (Å²) in [6.45, 7) is 4.73. The second-order valence-corrected chi connectivity index (χ2v) is 7.50. The topological polar surface area (TPSA) is 58.0 Å². The molecule has 0 radical (unpaired) electrons. The molecule has 2 aromatic rings. The Morgan fingerprint density at radius 2 is 1.81 bits per heavy atom. The van der Waals surface area contributed by atoms with Gasteiger partial charge in [-0.25, -0.2) is 24.3 Å². The van der Waals surface area contributed by atoms with Crippen molar-refractivity contribution in [2.24, 2.45) is 5.92 Å². The molecule has 1 aliphatic heterocycles. The van der Waals surface area contributed by atoms with E-state index in [0.717, 1.165) is 56.8 Å².